The van der Waals surface area contributed by atoms with Crippen LogP contribution in [0.1, 0.15) is 34.6 Å². The van der Waals surface area contributed by atoms with Crippen LogP contribution in [0, 0.1) is 0 Å². The number of rotatable bonds is 6. The van der Waals surface area contributed by atoms with Crippen molar-refractivity contribution >= 4 is 0 Å². The molecule has 2 N–H and O–H groups in total. The summed E-state index contributed by atoms with van der Waals surface area (Å²) in [4.78, 5) is 4.99. The average Bonchev–Trinajstić information content (AvgIpc) is 2.28. The van der Waals surface area contributed by atoms with Gasteiger partial charge >= 0.3 is 0 Å². The third-order valence-corrected chi connectivity index (χ3v) is 3.81. The molecule has 2 unspecified atom stereocenters. The van der Waals surface area contributed by atoms with Crippen LogP contribution in [0.15, 0.2) is 0 Å². The first-order valence-corrected chi connectivity index (χ1v) is 7.25. The summed E-state index contributed by atoms with van der Waals surface area (Å²) in [7, 11) is 0. The van der Waals surface area contributed by atoms with E-state index < -0.39 is 0 Å². The molecule has 1 fully saturated rings. The molecular weight excluding hydrogens is 226 g/mol. The molecule has 0 radical (unpaired) electrons. The van der Waals surface area contributed by atoms with Crippen LogP contribution in [0.5, 0.6) is 0 Å². The first kappa shape index (κ1) is 15.9. The number of nitrogens with one attached hydrogen (secondary N) is 1. The Morgan fingerprint density at radius 1 is 1.39 bits per heavy atom. The van der Waals surface area contributed by atoms with Gasteiger partial charge in [-0.25, -0.2) is 0 Å². The fourth-order valence-corrected chi connectivity index (χ4v) is 3.02. The highest BCUT2D eigenvalue weighted by molar-refractivity contribution is 4.90. The number of aliphatic hydroxyl groups is 1. The van der Waals surface area contributed by atoms with Gasteiger partial charge in [-0.15, -0.1) is 0 Å². The molecule has 1 saturated heterocycles. The highest BCUT2D eigenvalue weighted by atomic mass is 16.3. The Bertz CT molecular complexity index is 247. The van der Waals surface area contributed by atoms with Gasteiger partial charge in [-0.3, -0.25) is 9.80 Å². The van der Waals surface area contributed by atoms with E-state index in [2.05, 4.69) is 49.7 Å². The number of hydrogen-bond acceptors (Lipinski definition) is 4. The van der Waals surface area contributed by atoms with E-state index in [-0.39, 0.29) is 12.1 Å². The quantitative estimate of drug-likeness (QED) is 0.737. The topological polar surface area (TPSA) is 38.7 Å². The van der Waals surface area contributed by atoms with Crippen LogP contribution in [-0.4, -0.2) is 71.9 Å². The van der Waals surface area contributed by atoms with Gasteiger partial charge in [0.15, 0.2) is 0 Å². The van der Waals surface area contributed by atoms with E-state index in [1.54, 1.807) is 0 Å². The van der Waals surface area contributed by atoms with Gasteiger partial charge in [0, 0.05) is 38.3 Å². The van der Waals surface area contributed by atoms with Crippen molar-refractivity contribution in [2.45, 2.75) is 52.2 Å². The number of likely N-dealkylation sites (N-methyl/N-ethyl adjacent to an activating group) is 1. The van der Waals surface area contributed by atoms with E-state index >= 15 is 0 Å². The van der Waals surface area contributed by atoms with Crippen LogP contribution in [0.25, 0.3) is 0 Å². The minimum absolute atomic E-state index is 0.188. The van der Waals surface area contributed by atoms with Crippen molar-refractivity contribution in [3.05, 3.63) is 0 Å². The molecule has 0 aromatic rings. The highest BCUT2D eigenvalue weighted by Gasteiger charge is 2.30. The van der Waals surface area contributed by atoms with E-state index in [4.69, 9.17) is 0 Å². The zero-order valence-corrected chi connectivity index (χ0v) is 12.7. The van der Waals surface area contributed by atoms with Gasteiger partial charge in [-0.1, -0.05) is 20.8 Å². The highest BCUT2D eigenvalue weighted by Crippen LogP contribution is 2.13. The maximum Gasteiger partial charge on any atom is 0.0623 e. The Morgan fingerprint density at radius 2 is 2.06 bits per heavy atom. The molecule has 0 aromatic carbocycles. The van der Waals surface area contributed by atoms with Gasteiger partial charge in [0.25, 0.3) is 0 Å². The maximum atomic E-state index is 9.63. The predicted molar refractivity (Wildman–Crippen MR) is 76.9 cm³/mol. The Morgan fingerprint density at radius 3 is 2.50 bits per heavy atom. The van der Waals surface area contributed by atoms with E-state index in [1.165, 1.54) is 0 Å². The second kappa shape index (κ2) is 6.85. The SMILES string of the molecule is CCN1CCN(CC(C)(CO)NC(C)C)CC1C. The molecule has 4 heteroatoms. The molecule has 1 rings (SSSR count). The largest absolute Gasteiger partial charge is 0.394 e. The molecule has 0 amide bonds. The van der Waals surface area contributed by atoms with E-state index in [0.29, 0.717) is 12.1 Å². The molecule has 1 aliphatic heterocycles. The molecule has 0 bridgehead atoms. The average molecular weight is 257 g/mol. The van der Waals surface area contributed by atoms with Crippen LogP contribution in [-0.2, 0) is 0 Å². The van der Waals surface area contributed by atoms with Crippen molar-refractivity contribution in [2.75, 3.05) is 39.3 Å². The summed E-state index contributed by atoms with van der Waals surface area (Å²) >= 11 is 0. The summed E-state index contributed by atoms with van der Waals surface area (Å²) in [6, 6.07) is 1.02. The maximum absolute atomic E-state index is 9.63. The molecule has 108 valence electrons. The third-order valence-electron chi connectivity index (χ3n) is 3.81. The Balaban J connectivity index is 2.51. The van der Waals surface area contributed by atoms with Crippen LogP contribution in [0.4, 0.5) is 0 Å². The number of hydrogen-bond donors (Lipinski definition) is 2. The standard InChI is InChI=1S/C14H31N3O/c1-6-17-8-7-16(9-13(17)4)10-14(5,11-18)15-12(2)3/h12-13,15,18H,6-11H2,1-5H3. The minimum Gasteiger partial charge on any atom is -0.394 e. The zero-order valence-electron chi connectivity index (χ0n) is 12.7. The molecular formula is C14H31N3O. The monoisotopic (exact) mass is 257 g/mol. The van der Waals surface area contributed by atoms with Crippen molar-refractivity contribution in [1.82, 2.24) is 15.1 Å². The van der Waals surface area contributed by atoms with Crippen LogP contribution in [0.3, 0.4) is 0 Å². The van der Waals surface area contributed by atoms with Crippen molar-refractivity contribution in [2.24, 2.45) is 0 Å². The molecule has 1 aliphatic rings. The minimum atomic E-state index is -0.192. The van der Waals surface area contributed by atoms with Gasteiger partial charge in [0.2, 0.25) is 0 Å². The number of piperazine rings is 1. The first-order chi connectivity index (χ1) is 8.40. The van der Waals surface area contributed by atoms with Gasteiger partial charge < -0.3 is 10.4 Å². The molecule has 2 atom stereocenters. The summed E-state index contributed by atoms with van der Waals surface area (Å²) in [6.07, 6.45) is 0. The van der Waals surface area contributed by atoms with Crippen molar-refractivity contribution in [3.8, 4) is 0 Å². The second-order valence-corrected chi connectivity index (χ2v) is 6.23. The molecule has 0 aromatic heterocycles. The van der Waals surface area contributed by atoms with Crippen molar-refractivity contribution in [1.29, 1.82) is 0 Å². The molecule has 18 heavy (non-hydrogen) atoms. The van der Waals surface area contributed by atoms with Crippen LogP contribution >= 0.6 is 0 Å². The van der Waals surface area contributed by atoms with E-state index in [9.17, 15) is 5.11 Å². The fourth-order valence-electron chi connectivity index (χ4n) is 3.02. The summed E-state index contributed by atoms with van der Waals surface area (Å²) < 4.78 is 0. The third kappa shape index (κ3) is 4.50. The first-order valence-electron chi connectivity index (χ1n) is 7.25. The molecule has 0 aliphatic carbocycles. The Kier molecular flexibility index (Phi) is 6.05. The molecule has 0 spiro atoms. The van der Waals surface area contributed by atoms with Crippen molar-refractivity contribution in [3.63, 3.8) is 0 Å². The lowest BCUT2D eigenvalue weighted by molar-refractivity contribution is 0.0501. The lowest BCUT2D eigenvalue weighted by atomic mass is 10.0. The lowest BCUT2D eigenvalue weighted by Crippen LogP contribution is -2.60. The van der Waals surface area contributed by atoms with Gasteiger partial charge in [-0.05, 0) is 20.4 Å². The summed E-state index contributed by atoms with van der Waals surface area (Å²) in [5, 5.41) is 13.1. The molecule has 0 saturated carbocycles. The summed E-state index contributed by atoms with van der Waals surface area (Å²) in [5.74, 6) is 0. The van der Waals surface area contributed by atoms with Gasteiger partial charge in [0.05, 0.1) is 12.1 Å². The fraction of sp³-hybridized carbons (Fsp3) is 1.00. The number of nitrogens with zero attached hydrogens (tertiary/aromatic N) is 2. The zero-order chi connectivity index (χ0) is 13.8. The molecule has 1 heterocycles. The number of aliphatic hydroxyl groups excluding tert-OH is 1. The lowest BCUT2D eigenvalue weighted by Gasteiger charge is -2.43. The Hall–Kier alpha value is -0.160. The second-order valence-electron chi connectivity index (χ2n) is 6.23. The van der Waals surface area contributed by atoms with Crippen LogP contribution in [0.2, 0.25) is 0 Å². The predicted octanol–water partition coefficient (Wildman–Crippen LogP) is 0.761. The normalized spacial score (nSPS) is 26.5. The van der Waals surface area contributed by atoms with Gasteiger partial charge in [-0.2, -0.15) is 0 Å². The van der Waals surface area contributed by atoms with Crippen molar-refractivity contribution < 1.29 is 5.11 Å². The Labute approximate surface area is 112 Å². The van der Waals surface area contributed by atoms with Crippen LogP contribution < -0.4 is 5.32 Å². The van der Waals surface area contributed by atoms with E-state index in [0.717, 1.165) is 32.7 Å². The smallest absolute Gasteiger partial charge is 0.0623 e. The molecule has 4 nitrogen and oxygen atoms in total. The van der Waals surface area contributed by atoms with Gasteiger partial charge in [0.1, 0.15) is 0 Å². The summed E-state index contributed by atoms with van der Waals surface area (Å²) in [5.41, 5.74) is -0.192. The summed E-state index contributed by atoms with van der Waals surface area (Å²) in [6.45, 7) is 16.5. The van der Waals surface area contributed by atoms with E-state index in [1.807, 2.05) is 0 Å².